The topological polar surface area (TPSA) is 33.7 Å². The van der Waals surface area contributed by atoms with Crippen molar-refractivity contribution in [3.63, 3.8) is 0 Å². The van der Waals surface area contributed by atoms with Gasteiger partial charge in [-0.05, 0) is 26.1 Å². The van der Waals surface area contributed by atoms with E-state index < -0.39 is 0 Å². The minimum Gasteiger partial charge on any atom is -0.497 e. The standard InChI is InChI=1S/C14H22N2O2/c1-14(10-16(2)8-7-15-14)12-6-5-11(17-3)9-13(12)18-4/h5-6,9,15H,7-8,10H2,1-4H3. The molecule has 1 saturated heterocycles. The first kappa shape index (κ1) is 13.2. The minimum absolute atomic E-state index is 0.0788. The lowest BCUT2D eigenvalue weighted by Crippen LogP contribution is -2.55. The van der Waals surface area contributed by atoms with E-state index in [1.165, 1.54) is 5.56 Å². The summed E-state index contributed by atoms with van der Waals surface area (Å²) < 4.78 is 10.7. The molecule has 1 aliphatic rings. The van der Waals surface area contributed by atoms with Gasteiger partial charge in [0.15, 0.2) is 0 Å². The second-order valence-electron chi connectivity index (χ2n) is 5.06. The maximum absolute atomic E-state index is 5.50. The van der Waals surface area contributed by atoms with Crippen molar-refractivity contribution >= 4 is 0 Å². The summed E-state index contributed by atoms with van der Waals surface area (Å²) in [5.74, 6) is 1.70. The molecule has 1 atom stereocenters. The van der Waals surface area contributed by atoms with Crippen LogP contribution in [0.5, 0.6) is 11.5 Å². The normalized spacial score (nSPS) is 24.9. The highest BCUT2D eigenvalue weighted by atomic mass is 16.5. The lowest BCUT2D eigenvalue weighted by atomic mass is 9.89. The van der Waals surface area contributed by atoms with Gasteiger partial charge in [0.25, 0.3) is 0 Å². The predicted molar refractivity (Wildman–Crippen MR) is 72.4 cm³/mol. The first-order chi connectivity index (χ1) is 8.59. The van der Waals surface area contributed by atoms with Crippen LogP contribution in [0.25, 0.3) is 0 Å². The zero-order valence-corrected chi connectivity index (χ0v) is 11.6. The van der Waals surface area contributed by atoms with Gasteiger partial charge in [-0.1, -0.05) is 0 Å². The number of ether oxygens (including phenoxy) is 2. The van der Waals surface area contributed by atoms with Crippen molar-refractivity contribution < 1.29 is 9.47 Å². The van der Waals surface area contributed by atoms with Crippen molar-refractivity contribution in [1.82, 2.24) is 10.2 Å². The van der Waals surface area contributed by atoms with Gasteiger partial charge in [-0.2, -0.15) is 0 Å². The third-order valence-corrected chi connectivity index (χ3v) is 3.60. The smallest absolute Gasteiger partial charge is 0.127 e. The first-order valence-corrected chi connectivity index (χ1v) is 6.25. The van der Waals surface area contributed by atoms with E-state index in [4.69, 9.17) is 9.47 Å². The average Bonchev–Trinajstić information content (AvgIpc) is 2.37. The molecular weight excluding hydrogens is 228 g/mol. The second-order valence-corrected chi connectivity index (χ2v) is 5.06. The molecule has 1 heterocycles. The molecule has 1 unspecified atom stereocenters. The summed E-state index contributed by atoms with van der Waals surface area (Å²) in [6.45, 7) is 5.25. The molecule has 1 N–H and O–H groups in total. The molecule has 100 valence electrons. The summed E-state index contributed by atoms with van der Waals surface area (Å²) in [4.78, 5) is 2.33. The Hall–Kier alpha value is -1.26. The second kappa shape index (κ2) is 5.16. The molecule has 0 amide bonds. The van der Waals surface area contributed by atoms with Gasteiger partial charge in [-0.3, -0.25) is 0 Å². The van der Waals surface area contributed by atoms with E-state index in [1.807, 2.05) is 12.1 Å². The third-order valence-electron chi connectivity index (χ3n) is 3.60. The van der Waals surface area contributed by atoms with Crippen LogP contribution >= 0.6 is 0 Å². The van der Waals surface area contributed by atoms with Gasteiger partial charge in [0.05, 0.1) is 19.8 Å². The highest BCUT2D eigenvalue weighted by Gasteiger charge is 2.33. The molecular formula is C14H22N2O2. The molecule has 4 nitrogen and oxygen atoms in total. The van der Waals surface area contributed by atoms with E-state index in [0.717, 1.165) is 31.1 Å². The predicted octanol–water partition coefficient (Wildman–Crippen LogP) is 1.45. The van der Waals surface area contributed by atoms with Crippen LogP contribution in [0.3, 0.4) is 0 Å². The van der Waals surface area contributed by atoms with Crippen molar-refractivity contribution in [2.75, 3.05) is 40.9 Å². The minimum atomic E-state index is -0.0788. The van der Waals surface area contributed by atoms with Gasteiger partial charge in [-0.15, -0.1) is 0 Å². The Morgan fingerprint density at radius 2 is 2.06 bits per heavy atom. The number of hydrogen-bond donors (Lipinski definition) is 1. The Morgan fingerprint density at radius 3 is 2.67 bits per heavy atom. The molecule has 2 rings (SSSR count). The van der Waals surface area contributed by atoms with Gasteiger partial charge in [0, 0.05) is 31.3 Å². The summed E-state index contributed by atoms with van der Waals surface area (Å²) in [5.41, 5.74) is 1.10. The molecule has 0 aromatic heterocycles. The van der Waals surface area contributed by atoms with Crippen LogP contribution in [-0.4, -0.2) is 45.8 Å². The number of rotatable bonds is 3. The molecule has 1 fully saturated rings. The Labute approximate surface area is 109 Å². The van der Waals surface area contributed by atoms with Crippen LogP contribution in [0.1, 0.15) is 12.5 Å². The summed E-state index contributed by atoms with van der Waals surface area (Å²) in [7, 11) is 5.52. The van der Waals surface area contributed by atoms with Crippen LogP contribution in [0, 0.1) is 0 Å². The fourth-order valence-corrected chi connectivity index (χ4v) is 2.63. The Morgan fingerprint density at radius 1 is 1.28 bits per heavy atom. The van der Waals surface area contributed by atoms with Crippen molar-refractivity contribution in [2.45, 2.75) is 12.5 Å². The maximum Gasteiger partial charge on any atom is 0.127 e. The van der Waals surface area contributed by atoms with E-state index in [1.54, 1.807) is 14.2 Å². The largest absolute Gasteiger partial charge is 0.497 e. The number of piperazine rings is 1. The van der Waals surface area contributed by atoms with Gasteiger partial charge in [0.2, 0.25) is 0 Å². The number of nitrogens with one attached hydrogen (secondary N) is 1. The van der Waals surface area contributed by atoms with Crippen LogP contribution in [0.2, 0.25) is 0 Å². The van der Waals surface area contributed by atoms with Gasteiger partial charge in [0.1, 0.15) is 11.5 Å². The van der Waals surface area contributed by atoms with E-state index in [0.29, 0.717) is 0 Å². The van der Waals surface area contributed by atoms with Crippen molar-refractivity contribution in [3.05, 3.63) is 23.8 Å². The van der Waals surface area contributed by atoms with E-state index in [9.17, 15) is 0 Å². The monoisotopic (exact) mass is 250 g/mol. The Balaban J connectivity index is 2.36. The summed E-state index contributed by atoms with van der Waals surface area (Å²) in [6.07, 6.45) is 0. The van der Waals surface area contributed by atoms with E-state index in [2.05, 4.69) is 30.3 Å². The van der Waals surface area contributed by atoms with Gasteiger partial charge < -0.3 is 19.7 Å². The SMILES string of the molecule is COc1ccc(C2(C)CN(C)CCN2)c(OC)c1. The summed E-state index contributed by atoms with van der Waals surface area (Å²) >= 11 is 0. The van der Waals surface area contributed by atoms with Crippen molar-refractivity contribution in [1.29, 1.82) is 0 Å². The lowest BCUT2D eigenvalue weighted by molar-refractivity contribution is 0.168. The molecule has 4 heteroatoms. The third kappa shape index (κ3) is 2.44. The Bertz CT molecular complexity index is 422. The van der Waals surface area contributed by atoms with Gasteiger partial charge >= 0.3 is 0 Å². The van der Waals surface area contributed by atoms with Crippen LogP contribution in [-0.2, 0) is 5.54 Å². The molecule has 0 bridgehead atoms. The summed E-state index contributed by atoms with van der Waals surface area (Å²) in [6, 6.07) is 6.01. The van der Waals surface area contributed by atoms with Gasteiger partial charge in [-0.25, -0.2) is 0 Å². The van der Waals surface area contributed by atoms with Crippen LogP contribution < -0.4 is 14.8 Å². The highest BCUT2D eigenvalue weighted by molar-refractivity contribution is 5.45. The number of nitrogens with zero attached hydrogens (tertiary/aromatic N) is 1. The van der Waals surface area contributed by atoms with E-state index in [-0.39, 0.29) is 5.54 Å². The van der Waals surface area contributed by atoms with E-state index >= 15 is 0 Å². The summed E-state index contributed by atoms with van der Waals surface area (Å²) in [5, 5.41) is 3.59. The fourth-order valence-electron chi connectivity index (χ4n) is 2.63. The highest BCUT2D eigenvalue weighted by Crippen LogP contribution is 2.34. The Kier molecular flexibility index (Phi) is 3.78. The number of hydrogen-bond acceptors (Lipinski definition) is 4. The van der Waals surface area contributed by atoms with Crippen molar-refractivity contribution in [2.24, 2.45) is 0 Å². The lowest BCUT2D eigenvalue weighted by Gasteiger charge is -2.40. The van der Waals surface area contributed by atoms with Crippen LogP contribution in [0.15, 0.2) is 18.2 Å². The van der Waals surface area contributed by atoms with Crippen molar-refractivity contribution in [3.8, 4) is 11.5 Å². The molecule has 1 aromatic rings. The molecule has 0 aliphatic carbocycles. The molecule has 1 aliphatic heterocycles. The molecule has 0 saturated carbocycles. The zero-order chi connectivity index (χ0) is 13.2. The first-order valence-electron chi connectivity index (χ1n) is 6.25. The number of likely N-dealkylation sites (N-methyl/N-ethyl adjacent to an activating group) is 1. The molecule has 0 spiro atoms. The zero-order valence-electron chi connectivity index (χ0n) is 11.6. The average molecular weight is 250 g/mol. The molecule has 1 aromatic carbocycles. The number of benzene rings is 1. The maximum atomic E-state index is 5.50. The quantitative estimate of drug-likeness (QED) is 0.880. The molecule has 18 heavy (non-hydrogen) atoms. The molecule has 0 radical (unpaired) electrons. The number of methoxy groups -OCH3 is 2. The fraction of sp³-hybridized carbons (Fsp3) is 0.571. The van der Waals surface area contributed by atoms with Crippen LogP contribution in [0.4, 0.5) is 0 Å².